The summed E-state index contributed by atoms with van der Waals surface area (Å²) in [6.45, 7) is -2.66. The molecule has 7 rings (SSSR count). The van der Waals surface area contributed by atoms with Gasteiger partial charge in [0.05, 0.1) is 40.5 Å². The number of aromatic nitrogens is 5. The van der Waals surface area contributed by atoms with Gasteiger partial charge in [-0.2, -0.15) is 49.6 Å². The van der Waals surface area contributed by atoms with Gasteiger partial charge in [-0.15, -0.1) is 0 Å². The molecule has 3 amide bonds. The highest BCUT2D eigenvalue weighted by Crippen LogP contribution is 2.68. The van der Waals surface area contributed by atoms with Gasteiger partial charge >= 0.3 is 32.2 Å². The number of hydrogen-bond donors (Lipinski definition) is 5. The molecule has 2 aromatic carbocycles. The molecule has 77 heavy (non-hydrogen) atoms. The topological polar surface area (TPSA) is 282 Å². The predicted molar refractivity (Wildman–Crippen MR) is 248 cm³/mol. The molecule has 1 unspecified atom stereocenters. The molecule has 5 aromatic rings. The van der Waals surface area contributed by atoms with Crippen LogP contribution in [0.5, 0.6) is 0 Å². The molecule has 34 heteroatoms. The zero-order chi connectivity index (χ0) is 57.5. The van der Waals surface area contributed by atoms with Crippen LogP contribution < -0.4 is 14.9 Å². The maximum atomic E-state index is 15.6. The van der Waals surface area contributed by atoms with Crippen molar-refractivity contribution in [2.45, 2.75) is 80.8 Å². The number of anilines is 1. The van der Waals surface area contributed by atoms with Crippen LogP contribution in [0.2, 0.25) is 5.02 Å². The lowest BCUT2D eigenvalue weighted by Crippen LogP contribution is -2.51. The quantitative estimate of drug-likeness (QED) is 0.0410. The molecular formula is C43H38ClF10N8O12PS2. The number of benzene rings is 2. The average Bonchev–Trinajstić information content (AvgIpc) is 3.78. The van der Waals surface area contributed by atoms with Gasteiger partial charge in [0.2, 0.25) is 15.9 Å². The molecule has 416 valence electrons. The Bertz CT molecular complexity index is 3600. The predicted octanol–water partition coefficient (Wildman–Crippen LogP) is 6.33. The molecule has 0 saturated heterocycles. The number of nitrogens with zero attached hydrogens (tertiary/aromatic N) is 6. The largest absolute Gasteiger partial charge is 0.480 e. The fraction of sp³-hybridized carbons (Fsp3) is 0.395. The number of alkyl halides is 8. The molecule has 0 bridgehead atoms. The Labute approximate surface area is 432 Å². The van der Waals surface area contributed by atoms with E-state index in [0.717, 1.165) is 42.7 Å². The van der Waals surface area contributed by atoms with E-state index in [-0.39, 0.29) is 25.7 Å². The molecule has 2 aliphatic rings. The summed E-state index contributed by atoms with van der Waals surface area (Å²) in [4.78, 5) is 62.6. The fourth-order valence-electron chi connectivity index (χ4n) is 8.36. The lowest BCUT2D eigenvalue weighted by atomic mass is 9.93. The molecule has 0 aliphatic heterocycles. The molecule has 0 spiro atoms. The molecule has 5 N–H and O–H groups in total. The minimum Gasteiger partial charge on any atom is -0.480 e. The van der Waals surface area contributed by atoms with Gasteiger partial charge in [0, 0.05) is 34.9 Å². The van der Waals surface area contributed by atoms with Crippen molar-refractivity contribution in [1.29, 1.82) is 0 Å². The Morgan fingerprint density at radius 3 is 2.14 bits per heavy atom. The van der Waals surface area contributed by atoms with Crippen molar-refractivity contribution in [2.75, 3.05) is 23.4 Å². The number of hydrogen-bond acceptors (Lipinski definition) is 12. The number of carboxylic acid groups (broad SMARTS) is 1. The maximum Gasteiger partial charge on any atom is 0.469 e. The SMILES string of the molecule is CC(C)(C#Cc1ccc(-c2ccc(Cl)c3c(N(C(=O)N[C@@H](COP(=O)(O)O)C(=O)O)S(C)(=O)=O)nn(CC(F)(F)F)c23)c([C@H](Cc2cc(F)cc(F)c2)NC(=O)Cn2nc(C(F)(F)F)c3c2C(F)(F)C2C[C@H]32)n1)S(C)(=O)=O. The number of nitrogens with one attached hydrogen (secondary N) is 2. The average molecular weight is 1180 g/mol. The number of pyridine rings is 1. The highest BCUT2D eigenvalue weighted by molar-refractivity contribution is 7.93. The monoisotopic (exact) mass is 1180 g/mol. The number of carbonyl (C=O) groups excluding carboxylic acids is 2. The van der Waals surface area contributed by atoms with E-state index in [0.29, 0.717) is 12.3 Å². The van der Waals surface area contributed by atoms with Gasteiger partial charge in [-0.1, -0.05) is 23.6 Å². The highest BCUT2D eigenvalue weighted by Gasteiger charge is 2.68. The molecular weight excluding hydrogens is 1140 g/mol. The first-order valence-corrected chi connectivity index (χ1v) is 27.4. The summed E-state index contributed by atoms with van der Waals surface area (Å²) >= 11 is 6.56. The first kappa shape index (κ1) is 58.3. The second kappa shape index (κ2) is 20.1. The second-order valence-electron chi connectivity index (χ2n) is 18.2. The zero-order valence-electron chi connectivity index (χ0n) is 39.5. The van der Waals surface area contributed by atoms with Crippen LogP contribution in [0.4, 0.5) is 54.5 Å². The van der Waals surface area contributed by atoms with Crippen LogP contribution in [0.25, 0.3) is 22.0 Å². The number of rotatable bonds is 16. The van der Waals surface area contributed by atoms with Gasteiger partial charge in [-0.25, -0.2) is 44.8 Å². The number of phosphoric acid groups is 1. The Morgan fingerprint density at radius 2 is 1.58 bits per heavy atom. The molecule has 0 radical (unpaired) electrons. The number of fused-ring (bicyclic) bond motifs is 4. The summed E-state index contributed by atoms with van der Waals surface area (Å²) in [5.74, 6) is -8.88. The molecule has 4 atom stereocenters. The van der Waals surface area contributed by atoms with Crippen LogP contribution >= 0.6 is 19.4 Å². The van der Waals surface area contributed by atoms with E-state index >= 15 is 8.78 Å². The fourth-order valence-corrected chi connectivity index (χ4v) is 9.97. The summed E-state index contributed by atoms with van der Waals surface area (Å²) in [6.07, 6.45) is -10.5. The van der Waals surface area contributed by atoms with E-state index in [2.05, 4.69) is 36.9 Å². The lowest BCUT2D eigenvalue weighted by molar-refractivity contribution is -0.143. The second-order valence-corrected chi connectivity index (χ2v) is 24.2. The minimum absolute atomic E-state index is 0.0752. The van der Waals surface area contributed by atoms with Crippen molar-refractivity contribution in [3.05, 3.63) is 93.0 Å². The first-order chi connectivity index (χ1) is 35.2. The van der Waals surface area contributed by atoms with Gasteiger partial charge in [-0.05, 0) is 74.4 Å². The molecule has 2 aliphatic carbocycles. The maximum absolute atomic E-state index is 15.6. The lowest BCUT2D eigenvalue weighted by Gasteiger charge is -2.23. The van der Waals surface area contributed by atoms with E-state index in [9.17, 15) is 76.0 Å². The molecule has 1 fully saturated rings. The molecule has 1 saturated carbocycles. The highest BCUT2D eigenvalue weighted by atomic mass is 35.5. The number of halogens is 11. The van der Waals surface area contributed by atoms with E-state index in [1.54, 1.807) is 5.32 Å². The van der Waals surface area contributed by atoms with Gasteiger partial charge in [-0.3, -0.25) is 18.7 Å². The first-order valence-electron chi connectivity index (χ1n) is 21.7. The third-order valence-corrected chi connectivity index (χ3v) is 15.8. The number of carbonyl (C=O) groups is 3. The standard InChI is InChI=1S/C43H38ClF10N8O12PS2/c1-40(2,76(3,70)71)10-9-22-5-6-23(24-7-8-27(44)32-34(24)61(18-41(47,48)49)59-37(32)62(77(4,72)73)39(66)57-29(38(64)65)17-74-75(67,68)69)33(55-22)28(13-19-11-20(45)14-21(46)12-19)56-30(63)16-60-36-31(35(58-60)43(52,53)54)25-15-26(25)42(36,50)51/h5-8,11-12,14,25-26,28-29H,13,15-18H2,1-4H3,(H,56,63)(H,57,66)(H,64,65)(H2,67,68,69)/t25-,26?,28-,29-/m0/s1. The van der Waals surface area contributed by atoms with Crippen LogP contribution in [0, 0.1) is 29.4 Å². The van der Waals surface area contributed by atoms with Crippen LogP contribution in [0.1, 0.15) is 66.1 Å². The number of sulfonamides is 1. The third kappa shape index (κ3) is 12.5. The number of aliphatic carboxylic acids is 1. The summed E-state index contributed by atoms with van der Waals surface area (Å²) in [7, 11) is -14.6. The zero-order valence-corrected chi connectivity index (χ0v) is 42.8. The Hall–Kier alpha value is -6.36. The molecule has 20 nitrogen and oxygen atoms in total. The summed E-state index contributed by atoms with van der Waals surface area (Å²) < 4.78 is 213. The van der Waals surface area contributed by atoms with Crippen LogP contribution in [-0.2, 0) is 70.1 Å². The molecule has 3 heterocycles. The smallest absolute Gasteiger partial charge is 0.469 e. The van der Waals surface area contributed by atoms with E-state index in [4.69, 9.17) is 21.4 Å². The Kier molecular flexibility index (Phi) is 15.3. The Morgan fingerprint density at radius 1 is 0.961 bits per heavy atom. The van der Waals surface area contributed by atoms with E-state index in [1.807, 2.05) is 0 Å². The summed E-state index contributed by atoms with van der Waals surface area (Å²) in [6, 6.07) is -0.478. The van der Waals surface area contributed by atoms with Gasteiger partial charge < -0.3 is 25.5 Å². The Balaban J connectivity index is 1.48. The van der Waals surface area contributed by atoms with E-state index in [1.165, 1.54) is 13.8 Å². The third-order valence-electron chi connectivity index (χ3n) is 12.0. The van der Waals surface area contributed by atoms with Gasteiger partial charge in [0.15, 0.2) is 27.4 Å². The van der Waals surface area contributed by atoms with Crippen molar-refractivity contribution >= 4 is 73.9 Å². The summed E-state index contributed by atoms with van der Waals surface area (Å²) in [5, 5.41) is 19.2. The number of carboxylic acids is 1. The van der Waals surface area contributed by atoms with Gasteiger partial charge in [0.1, 0.15) is 40.9 Å². The number of amides is 3. The van der Waals surface area contributed by atoms with Crippen molar-refractivity contribution in [3.63, 3.8) is 0 Å². The van der Waals surface area contributed by atoms with Crippen molar-refractivity contribution in [1.82, 2.24) is 35.2 Å². The van der Waals surface area contributed by atoms with Crippen molar-refractivity contribution in [2.24, 2.45) is 5.92 Å². The summed E-state index contributed by atoms with van der Waals surface area (Å²) in [5.41, 5.74) is -6.84. The number of phosphoric ester groups is 1. The van der Waals surface area contributed by atoms with E-state index < -0.39 is 191 Å². The van der Waals surface area contributed by atoms with Crippen molar-refractivity contribution in [3.8, 4) is 23.0 Å². The number of sulfone groups is 1. The van der Waals surface area contributed by atoms with Crippen molar-refractivity contribution < 1.29 is 99.1 Å². The normalized spacial score (nSPS) is 17.2. The molecule has 3 aromatic heterocycles. The van der Waals surface area contributed by atoms with Crippen LogP contribution in [0.3, 0.4) is 0 Å². The number of urea groups is 1. The van der Waals surface area contributed by atoms with Gasteiger partial charge in [0.25, 0.3) is 5.92 Å². The minimum atomic E-state index is -5.45. The van der Waals surface area contributed by atoms with Crippen LogP contribution in [0.15, 0.2) is 42.5 Å². The van der Waals surface area contributed by atoms with Crippen LogP contribution in [-0.4, -0.2) is 110 Å².